The molecule has 0 fully saturated rings. The Morgan fingerprint density at radius 1 is 1.18 bits per heavy atom. The van der Waals surface area contributed by atoms with E-state index in [1.165, 1.54) is 0 Å². The lowest BCUT2D eigenvalue weighted by molar-refractivity contribution is 0.811. The molecule has 1 aromatic heterocycles. The van der Waals surface area contributed by atoms with Crippen LogP contribution in [0, 0.1) is 0 Å². The first-order chi connectivity index (χ1) is 8.31. The molecular formula is C14H15ClN2. The van der Waals surface area contributed by atoms with Crippen molar-refractivity contribution in [3.05, 3.63) is 53.3 Å². The molecule has 2 nitrogen and oxygen atoms in total. The van der Waals surface area contributed by atoms with Gasteiger partial charge in [0.15, 0.2) is 0 Å². The molecule has 1 aromatic carbocycles. The minimum absolute atomic E-state index is 0.692. The van der Waals surface area contributed by atoms with Crippen LogP contribution in [0.4, 0.5) is 0 Å². The van der Waals surface area contributed by atoms with E-state index in [1.807, 2.05) is 36.5 Å². The van der Waals surface area contributed by atoms with Crippen LogP contribution in [0.1, 0.15) is 12.1 Å². The van der Waals surface area contributed by atoms with Crippen molar-refractivity contribution in [2.75, 3.05) is 6.54 Å². The topological polar surface area (TPSA) is 38.9 Å². The van der Waals surface area contributed by atoms with Gasteiger partial charge in [0.25, 0.3) is 0 Å². The minimum atomic E-state index is 0.692. The summed E-state index contributed by atoms with van der Waals surface area (Å²) in [6, 6.07) is 11.9. The van der Waals surface area contributed by atoms with Crippen molar-refractivity contribution in [3.8, 4) is 11.1 Å². The first kappa shape index (κ1) is 12.1. The molecule has 0 bridgehead atoms. The van der Waals surface area contributed by atoms with Gasteiger partial charge in [0.05, 0.1) is 0 Å². The summed E-state index contributed by atoms with van der Waals surface area (Å²) >= 11 is 6.18. The number of pyridine rings is 1. The van der Waals surface area contributed by atoms with Gasteiger partial charge in [-0.2, -0.15) is 0 Å². The fourth-order valence-electron chi connectivity index (χ4n) is 1.76. The number of rotatable bonds is 4. The van der Waals surface area contributed by atoms with Crippen LogP contribution in [0.2, 0.25) is 5.02 Å². The lowest BCUT2D eigenvalue weighted by atomic mass is 10.0. The molecule has 0 saturated heterocycles. The normalized spacial score (nSPS) is 10.5. The summed E-state index contributed by atoms with van der Waals surface area (Å²) in [5.41, 5.74) is 8.72. The Bertz CT molecular complexity index is 497. The van der Waals surface area contributed by atoms with E-state index >= 15 is 0 Å². The number of hydrogen-bond acceptors (Lipinski definition) is 2. The summed E-state index contributed by atoms with van der Waals surface area (Å²) < 4.78 is 0. The average molecular weight is 247 g/mol. The highest BCUT2D eigenvalue weighted by molar-refractivity contribution is 6.33. The van der Waals surface area contributed by atoms with Gasteiger partial charge < -0.3 is 5.73 Å². The number of halogens is 1. The van der Waals surface area contributed by atoms with Gasteiger partial charge in [-0.25, -0.2) is 0 Å². The van der Waals surface area contributed by atoms with Crippen LogP contribution >= 0.6 is 11.6 Å². The maximum absolute atomic E-state index is 6.18. The van der Waals surface area contributed by atoms with Gasteiger partial charge in [-0.05, 0) is 43.1 Å². The molecule has 0 unspecified atom stereocenters. The van der Waals surface area contributed by atoms with Gasteiger partial charge in [0.1, 0.15) is 0 Å². The van der Waals surface area contributed by atoms with Crippen LogP contribution in [0.3, 0.4) is 0 Å². The highest BCUT2D eigenvalue weighted by Gasteiger charge is 2.03. The maximum Gasteiger partial charge on any atom is 0.0484 e. The Hall–Kier alpha value is -1.38. The van der Waals surface area contributed by atoms with Crippen LogP contribution in [-0.2, 0) is 6.42 Å². The van der Waals surface area contributed by atoms with Crippen molar-refractivity contribution in [1.82, 2.24) is 4.98 Å². The Kier molecular flexibility index (Phi) is 4.13. The van der Waals surface area contributed by atoms with E-state index in [1.54, 1.807) is 0 Å². The third-order valence-corrected chi connectivity index (χ3v) is 2.97. The van der Waals surface area contributed by atoms with E-state index in [0.717, 1.165) is 34.7 Å². The van der Waals surface area contributed by atoms with E-state index in [4.69, 9.17) is 17.3 Å². The monoisotopic (exact) mass is 246 g/mol. The van der Waals surface area contributed by atoms with Crippen molar-refractivity contribution in [1.29, 1.82) is 0 Å². The van der Waals surface area contributed by atoms with Gasteiger partial charge in [-0.15, -0.1) is 0 Å². The summed E-state index contributed by atoms with van der Waals surface area (Å²) in [6.45, 7) is 0.692. The van der Waals surface area contributed by atoms with Crippen molar-refractivity contribution < 1.29 is 0 Å². The van der Waals surface area contributed by atoms with Gasteiger partial charge in [-0.1, -0.05) is 29.8 Å². The molecule has 0 spiro atoms. The number of nitrogens with zero attached hydrogens (tertiary/aromatic N) is 1. The molecule has 2 aromatic rings. The fraction of sp³-hybridized carbons (Fsp3) is 0.214. The first-order valence-electron chi connectivity index (χ1n) is 5.71. The quantitative estimate of drug-likeness (QED) is 0.899. The lowest BCUT2D eigenvalue weighted by Crippen LogP contribution is -2.01. The number of aryl methyl sites for hydroxylation is 1. The summed E-state index contributed by atoms with van der Waals surface area (Å²) in [4.78, 5) is 4.33. The lowest BCUT2D eigenvalue weighted by Gasteiger charge is -2.06. The average Bonchev–Trinajstić information content (AvgIpc) is 2.37. The molecule has 2 N–H and O–H groups in total. The van der Waals surface area contributed by atoms with E-state index < -0.39 is 0 Å². The molecule has 0 amide bonds. The van der Waals surface area contributed by atoms with E-state index in [9.17, 15) is 0 Å². The molecule has 0 aliphatic heterocycles. The third-order valence-electron chi connectivity index (χ3n) is 2.64. The van der Waals surface area contributed by atoms with E-state index in [0.29, 0.717) is 6.54 Å². The highest BCUT2D eigenvalue weighted by Crippen LogP contribution is 2.27. The van der Waals surface area contributed by atoms with Gasteiger partial charge in [-0.3, -0.25) is 4.98 Å². The van der Waals surface area contributed by atoms with Crippen LogP contribution in [0.25, 0.3) is 11.1 Å². The fourth-order valence-corrected chi connectivity index (χ4v) is 2.01. The van der Waals surface area contributed by atoms with Crippen LogP contribution in [-0.4, -0.2) is 11.5 Å². The number of benzene rings is 1. The second-order valence-electron chi connectivity index (χ2n) is 3.91. The summed E-state index contributed by atoms with van der Waals surface area (Å²) in [5.74, 6) is 0. The molecule has 0 aliphatic rings. The Morgan fingerprint density at radius 2 is 2.00 bits per heavy atom. The zero-order valence-corrected chi connectivity index (χ0v) is 10.3. The number of nitrogens with two attached hydrogens (primary N) is 1. The predicted molar refractivity (Wildman–Crippen MR) is 72.1 cm³/mol. The molecule has 17 heavy (non-hydrogen) atoms. The van der Waals surface area contributed by atoms with Gasteiger partial charge >= 0.3 is 0 Å². The van der Waals surface area contributed by atoms with Crippen molar-refractivity contribution in [3.63, 3.8) is 0 Å². The number of hydrogen-bond donors (Lipinski definition) is 1. The predicted octanol–water partition coefficient (Wildman–Crippen LogP) is 3.29. The third kappa shape index (κ3) is 3.05. The highest BCUT2D eigenvalue weighted by atomic mass is 35.5. The molecule has 1 heterocycles. The first-order valence-corrected chi connectivity index (χ1v) is 6.09. The standard InChI is InChI=1S/C14H15ClN2/c15-14-6-2-1-5-13(14)11-7-9-17-12(10-11)4-3-8-16/h1-2,5-7,9-10H,3-4,8,16H2. The SMILES string of the molecule is NCCCc1cc(-c2ccccc2Cl)ccn1. The smallest absolute Gasteiger partial charge is 0.0484 e. The second-order valence-corrected chi connectivity index (χ2v) is 4.32. The Balaban J connectivity index is 2.30. The summed E-state index contributed by atoms with van der Waals surface area (Å²) in [6.07, 6.45) is 3.69. The molecule has 0 atom stereocenters. The Labute approximate surface area is 106 Å². The van der Waals surface area contributed by atoms with Gasteiger partial charge in [0.2, 0.25) is 0 Å². The van der Waals surface area contributed by atoms with E-state index in [-0.39, 0.29) is 0 Å². The van der Waals surface area contributed by atoms with Crippen molar-refractivity contribution >= 4 is 11.6 Å². The van der Waals surface area contributed by atoms with Crippen LogP contribution in [0.15, 0.2) is 42.6 Å². The molecule has 0 saturated carbocycles. The number of aromatic nitrogens is 1. The molecule has 88 valence electrons. The second kappa shape index (κ2) is 5.80. The maximum atomic E-state index is 6.18. The van der Waals surface area contributed by atoms with Crippen molar-refractivity contribution in [2.45, 2.75) is 12.8 Å². The van der Waals surface area contributed by atoms with Crippen molar-refractivity contribution in [2.24, 2.45) is 5.73 Å². The van der Waals surface area contributed by atoms with Crippen LogP contribution in [0.5, 0.6) is 0 Å². The van der Waals surface area contributed by atoms with Gasteiger partial charge in [0, 0.05) is 22.5 Å². The zero-order chi connectivity index (χ0) is 12.1. The zero-order valence-electron chi connectivity index (χ0n) is 9.57. The molecule has 2 rings (SSSR count). The molecule has 3 heteroatoms. The molecular weight excluding hydrogens is 232 g/mol. The Morgan fingerprint density at radius 3 is 2.76 bits per heavy atom. The summed E-state index contributed by atoms with van der Waals surface area (Å²) in [5, 5.41) is 0.767. The molecule has 0 aliphatic carbocycles. The minimum Gasteiger partial charge on any atom is -0.330 e. The van der Waals surface area contributed by atoms with E-state index in [2.05, 4.69) is 11.1 Å². The largest absolute Gasteiger partial charge is 0.330 e. The summed E-state index contributed by atoms with van der Waals surface area (Å²) in [7, 11) is 0. The van der Waals surface area contributed by atoms with Crippen LogP contribution < -0.4 is 5.73 Å². The molecule has 0 radical (unpaired) electrons.